The van der Waals surface area contributed by atoms with E-state index in [1.807, 2.05) is 18.2 Å². The number of thiophene rings is 1. The molecule has 1 aliphatic heterocycles. The Morgan fingerprint density at radius 2 is 2.19 bits per heavy atom. The number of nitrogens with one attached hydrogen (secondary N) is 2. The molecule has 2 aromatic rings. The Morgan fingerprint density at radius 3 is 2.95 bits per heavy atom. The lowest BCUT2D eigenvalue weighted by Gasteiger charge is -2.20. The number of nitro groups is 1. The van der Waals surface area contributed by atoms with Gasteiger partial charge in [0.05, 0.1) is 9.80 Å². The van der Waals surface area contributed by atoms with Gasteiger partial charge in [-0.05, 0) is 36.2 Å². The molecule has 3 rings (SSSR count). The molecule has 0 spiro atoms. The molecule has 0 saturated carbocycles. The highest BCUT2D eigenvalue weighted by Gasteiger charge is 2.18. The van der Waals surface area contributed by atoms with E-state index in [-0.39, 0.29) is 10.9 Å². The van der Waals surface area contributed by atoms with Crippen molar-refractivity contribution >= 4 is 27.9 Å². The molecule has 1 amide bonds. The first-order valence-electron chi connectivity index (χ1n) is 6.52. The van der Waals surface area contributed by atoms with E-state index >= 15 is 0 Å². The molecule has 0 atom stereocenters. The van der Waals surface area contributed by atoms with Crippen molar-refractivity contribution in [2.24, 2.45) is 0 Å². The molecule has 1 aromatic carbocycles. The van der Waals surface area contributed by atoms with Crippen LogP contribution in [0.15, 0.2) is 30.3 Å². The van der Waals surface area contributed by atoms with Crippen LogP contribution in [-0.4, -0.2) is 17.4 Å². The Morgan fingerprint density at radius 1 is 1.33 bits per heavy atom. The fourth-order valence-corrected chi connectivity index (χ4v) is 3.10. The van der Waals surface area contributed by atoms with Gasteiger partial charge in [0, 0.05) is 18.3 Å². The predicted molar refractivity (Wildman–Crippen MR) is 80.8 cm³/mol. The van der Waals surface area contributed by atoms with Crippen molar-refractivity contribution < 1.29 is 9.72 Å². The van der Waals surface area contributed by atoms with Gasteiger partial charge in [-0.1, -0.05) is 23.5 Å². The summed E-state index contributed by atoms with van der Waals surface area (Å²) < 4.78 is 0. The summed E-state index contributed by atoms with van der Waals surface area (Å²) in [7, 11) is 0. The summed E-state index contributed by atoms with van der Waals surface area (Å²) in [6, 6.07) is 8.63. The third-order valence-electron chi connectivity index (χ3n) is 3.38. The molecule has 2 heterocycles. The zero-order chi connectivity index (χ0) is 14.8. The van der Waals surface area contributed by atoms with Crippen LogP contribution in [0.25, 0.3) is 0 Å². The maximum Gasteiger partial charge on any atom is 0.324 e. The molecule has 0 unspecified atom stereocenters. The zero-order valence-electron chi connectivity index (χ0n) is 11.1. The smallest absolute Gasteiger partial charge is 0.321 e. The average Bonchev–Trinajstić information content (AvgIpc) is 2.98. The minimum absolute atomic E-state index is 0.0283. The molecule has 0 saturated heterocycles. The van der Waals surface area contributed by atoms with Crippen LogP contribution in [0, 0.1) is 10.1 Å². The van der Waals surface area contributed by atoms with E-state index in [2.05, 4.69) is 10.6 Å². The summed E-state index contributed by atoms with van der Waals surface area (Å²) in [6.07, 6.45) is 0.858. The van der Waals surface area contributed by atoms with Crippen LogP contribution in [0.1, 0.15) is 20.8 Å². The topological polar surface area (TPSA) is 84.3 Å². The molecule has 0 bridgehead atoms. The van der Waals surface area contributed by atoms with Crippen LogP contribution in [0.2, 0.25) is 0 Å². The van der Waals surface area contributed by atoms with Gasteiger partial charge < -0.3 is 10.6 Å². The first kappa shape index (κ1) is 13.7. The van der Waals surface area contributed by atoms with E-state index in [9.17, 15) is 14.9 Å². The van der Waals surface area contributed by atoms with Crippen molar-refractivity contribution in [1.82, 2.24) is 5.32 Å². The highest BCUT2D eigenvalue weighted by atomic mass is 32.1. The van der Waals surface area contributed by atoms with Crippen LogP contribution < -0.4 is 10.6 Å². The highest BCUT2D eigenvalue weighted by molar-refractivity contribution is 7.17. The van der Waals surface area contributed by atoms with E-state index in [1.165, 1.54) is 17.7 Å². The molecule has 7 heteroatoms. The summed E-state index contributed by atoms with van der Waals surface area (Å²) in [5.74, 6) is -0.306. The molecule has 1 aromatic heterocycles. The first-order chi connectivity index (χ1) is 10.1. The molecule has 108 valence electrons. The minimum Gasteiger partial charge on any atom is -0.321 e. The molecule has 21 heavy (non-hydrogen) atoms. The third kappa shape index (κ3) is 2.79. The monoisotopic (exact) mass is 303 g/mol. The molecule has 2 N–H and O–H groups in total. The standard InChI is InChI=1S/C14H13N3O3S/c18-14(12-4-5-13(21-12)17(19)20)16-11-3-1-2-9-8-15-7-6-10(9)11/h1-5,15H,6-8H2,(H,16,18). The van der Waals surface area contributed by atoms with Crippen LogP contribution in [0.5, 0.6) is 0 Å². The number of nitrogens with zero attached hydrogens (tertiary/aromatic N) is 1. The van der Waals surface area contributed by atoms with Gasteiger partial charge in [-0.25, -0.2) is 0 Å². The second kappa shape index (κ2) is 5.63. The van der Waals surface area contributed by atoms with Gasteiger partial charge in [-0.2, -0.15) is 0 Å². The van der Waals surface area contributed by atoms with Crippen molar-refractivity contribution in [2.45, 2.75) is 13.0 Å². The van der Waals surface area contributed by atoms with Crippen molar-refractivity contribution in [2.75, 3.05) is 11.9 Å². The van der Waals surface area contributed by atoms with Crippen LogP contribution in [0.4, 0.5) is 10.7 Å². The molecule has 0 radical (unpaired) electrons. The van der Waals surface area contributed by atoms with Crippen LogP contribution in [-0.2, 0) is 13.0 Å². The van der Waals surface area contributed by atoms with Gasteiger partial charge in [-0.3, -0.25) is 14.9 Å². The Hall–Kier alpha value is -2.25. The van der Waals surface area contributed by atoms with Gasteiger partial charge >= 0.3 is 5.00 Å². The van der Waals surface area contributed by atoms with Crippen molar-refractivity contribution in [1.29, 1.82) is 0 Å². The maximum atomic E-state index is 12.2. The molecule has 0 aliphatic carbocycles. The number of hydrogen-bond donors (Lipinski definition) is 2. The predicted octanol–water partition coefficient (Wildman–Crippen LogP) is 2.55. The Balaban J connectivity index is 1.83. The first-order valence-corrected chi connectivity index (χ1v) is 7.34. The summed E-state index contributed by atoms with van der Waals surface area (Å²) in [5.41, 5.74) is 3.10. The van der Waals surface area contributed by atoms with Gasteiger partial charge in [0.25, 0.3) is 5.91 Å². The second-order valence-corrected chi connectivity index (χ2v) is 5.78. The van der Waals surface area contributed by atoms with E-state index in [1.54, 1.807) is 0 Å². The Kier molecular flexibility index (Phi) is 3.68. The molecular weight excluding hydrogens is 290 g/mol. The van der Waals surface area contributed by atoms with E-state index in [0.29, 0.717) is 4.88 Å². The number of carbonyl (C=O) groups is 1. The molecular formula is C14H13N3O3S. The summed E-state index contributed by atoms with van der Waals surface area (Å²) >= 11 is 0.882. The zero-order valence-corrected chi connectivity index (χ0v) is 11.9. The third-order valence-corrected chi connectivity index (χ3v) is 4.42. The van der Waals surface area contributed by atoms with E-state index < -0.39 is 4.92 Å². The summed E-state index contributed by atoms with van der Waals surface area (Å²) in [4.78, 5) is 22.7. The van der Waals surface area contributed by atoms with Gasteiger partial charge in [0.2, 0.25) is 0 Å². The number of fused-ring (bicyclic) bond motifs is 1. The average molecular weight is 303 g/mol. The number of amides is 1. The SMILES string of the molecule is O=C(Nc1cccc2c1CCNC2)c1ccc([N+](=O)[O-])s1. The molecule has 6 nitrogen and oxygen atoms in total. The van der Waals surface area contributed by atoms with Gasteiger partial charge in [-0.15, -0.1) is 0 Å². The summed E-state index contributed by atoms with van der Waals surface area (Å²) in [5, 5.41) is 16.8. The molecule has 0 fully saturated rings. The minimum atomic E-state index is -0.489. The molecule has 1 aliphatic rings. The lowest BCUT2D eigenvalue weighted by atomic mass is 9.99. The maximum absolute atomic E-state index is 12.2. The second-order valence-electron chi connectivity index (χ2n) is 4.72. The van der Waals surface area contributed by atoms with Gasteiger partial charge in [0.15, 0.2) is 0 Å². The normalized spacial score (nSPS) is 13.5. The lowest BCUT2D eigenvalue weighted by molar-refractivity contribution is -0.380. The summed E-state index contributed by atoms with van der Waals surface area (Å²) in [6.45, 7) is 1.67. The number of anilines is 1. The number of hydrogen-bond acceptors (Lipinski definition) is 5. The lowest BCUT2D eigenvalue weighted by Crippen LogP contribution is -2.25. The number of carbonyl (C=O) groups excluding carboxylic acids is 1. The fraction of sp³-hybridized carbons (Fsp3) is 0.214. The van der Waals surface area contributed by atoms with Crippen molar-refractivity contribution in [3.63, 3.8) is 0 Å². The van der Waals surface area contributed by atoms with Crippen molar-refractivity contribution in [3.05, 3.63) is 56.5 Å². The van der Waals surface area contributed by atoms with Gasteiger partial charge in [0.1, 0.15) is 0 Å². The van der Waals surface area contributed by atoms with Crippen LogP contribution in [0.3, 0.4) is 0 Å². The number of rotatable bonds is 3. The largest absolute Gasteiger partial charge is 0.324 e. The van der Waals surface area contributed by atoms with E-state index in [4.69, 9.17) is 0 Å². The highest BCUT2D eigenvalue weighted by Crippen LogP contribution is 2.27. The Labute approximate surface area is 124 Å². The Bertz CT molecular complexity index is 711. The van der Waals surface area contributed by atoms with Crippen molar-refractivity contribution in [3.8, 4) is 0 Å². The van der Waals surface area contributed by atoms with Crippen LogP contribution >= 0.6 is 11.3 Å². The number of benzene rings is 1. The van der Waals surface area contributed by atoms with E-state index in [0.717, 1.165) is 42.1 Å². The quantitative estimate of drug-likeness (QED) is 0.674. The fourth-order valence-electron chi connectivity index (χ4n) is 2.38.